The van der Waals surface area contributed by atoms with Crippen LogP contribution < -0.4 is 5.73 Å². The number of nitrogen functional groups attached to an aromatic ring is 1. The van der Waals surface area contributed by atoms with Crippen LogP contribution in [0.25, 0.3) is 0 Å². The molecule has 1 unspecified atom stereocenters. The number of fused-ring (bicyclic) bond motifs is 1. The topological polar surface area (TPSA) is 72.1 Å². The Morgan fingerprint density at radius 3 is 2.41 bits per heavy atom. The van der Waals surface area contributed by atoms with E-state index in [4.69, 9.17) is 5.73 Å². The van der Waals surface area contributed by atoms with E-state index in [2.05, 4.69) is 48.1 Å². The highest BCUT2D eigenvalue weighted by molar-refractivity contribution is 5.97. The number of nitrogens with zero attached hydrogens (tertiary/aromatic N) is 3. The zero-order valence-electron chi connectivity index (χ0n) is 13.1. The lowest BCUT2D eigenvalue weighted by Gasteiger charge is -2.24. The van der Waals surface area contributed by atoms with E-state index in [0.717, 1.165) is 5.56 Å². The number of nitrogens with two attached hydrogens (primary N) is 1. The third-order valence-corrected chi connectivity index (χ3v) is 4.25. The predicted molar refractivity (Wildman–Crippen MR) is 85.3 cm³/mol. The van der Waals surface area contributed by atoms with E-state index in [1.165, 1.54) is 11.8 Å². The molecule has 1 amide bonds. The molecule has 0 fully saturated rings. The lowest BCUT2D eigenvalue weighted by molar-refractivity contribution is 0.0715. The van der Waals surface area contributed by atoms with E-state index in [9.17, 15) is 4.79 Å². The SMILES string of the molecule is CC(C)c1ccc(C(C)N2Cc3nc(N)ncc3C2=O)cc1. The van der Waals surface area contributed by atoms with E-state index in [-0.39, 0.29) is 17.9 Å². The van der Waals surface area contributed by atoms with Gasteiger partial charge in [-0.05, 0) is 24.0 Å². The Balaban J connectivity index is 1.84. The normalized spacial score (nSPS) is 15.3. The second-order valence-electron chi connectivity index (χ2n) is 6.02. The maximum absolute atomic E-state index is 12.5. The summed E-state index contributed by atoms with van der Waals surface area (Å²) in [6, 6.07) is 8.43. The van der Waals surface area contributed by atoms with Crippen molar-refractivity contribution in [3.05, 3.63) is 52.8 Å². The van der Waals surface area contributed by atoms with Gasteiger partial charge in [0.05, 0.1) is 23.8 Å². The lowest BCUT2D eigenvalue weighted by atomic mass is 9.99. The summed E-state index contributed by atoms with van der Waals surface area (Å²) < 4.78 is 0. The molecule has 0 spiro atoms. The quantitative estimate of drug-likeness (QED) is 0.945. The number of carbonyl (C=O) groups excluding carboxylic acids is 1. The molecule has 114 valence electrons. The van der Waals surface area contributed by atoms with Crippen molar-refractivity contribution in [2.75, 3.05) is 5.73 Å². The van der Waals surface area contributed by atoms with E-state index in [1.54, 1.807) is 0 Å². The molecule has 0 saturated carbocycles. The second-order valence-corrected chi connectivity index (χ2v) is 6.02. The van der Waals surface area contributed by atoms with Crippen molar-refractivity contribution in [2.24, 2.45) is 0 Å². The summed E-state index contributed by atoms with van der Waals surface area (Å²) in [6.45, 7) is 6.85. The molecule has 1 atom stereocenters. The van der Waals surface area contributed by atoms with Crippen LogP contribution in [-0.4, -0.2) is 20.8 Å². The molecule has 2 aromatic rings. The summed E-state index contributed by atoms with van der Waals surface area (Å²) >= 11 is 0. The van der Waals surface area contributed by atoms with Crippen LogP contribution in [0.1, 0.15) is 59.9 Å². The molecular formula is C17H20N4O. The highest BCUT2D eigenvalue weighted by Gasteiger charge is 2.32. The van der Waals surface area contributed by atoms with Crippen LogP contribution in [0.5, 0.6) is 0 Å². The first-order valence-electron chi connectivity index (χ1n) is 7.49. The minimum Gasteiger partial charge on any atom is -0.368 e. The van der Waals surface area contributed by atoms with Gasteiger partial charge in [-0.2, -0.15) is 0 Å². The Morgan fingerprint density at radius 1 is 1.14 bits per heavy atom. The molecule has 3 rings (SSSR count). The Hall–Kier alpha value is -2.43. The van der Waals surface area contributed by atoms with Crippen LogP contribution in [0.3, 0.4) is 0 Å². The van der Waals surface area contributed by atoms with Gasteiger partial charge in [-0.25, -0.2) is 9.97 Å². The molecule has 1 aromatic carbocycles. The van der Waals surface area contributed by atoms with Crippen molar-refractivity contribution >= 4 is 11.9 Å². The number of amides is 1. The summed E-state index contributed by atoms with van der Waals surface area (Å²) in [6.07, 6.45) is 1.52. The Bertz CT molecular complexity index is 709. The number of hydrogen-bond acceptors (Lipinski definition) is 4. The van der Waals surface area contributed by atoms with E-state index in [1.807, 2.05) is 11.8 Å². The van der Waals surface area contributed by atoms with Crippen LogP contribution in [0.4, 0.5) is 5.95 Å². The van der Waals surface area contributed by atoms with E-state index < -0.39 is 0 Å². The first kappa shape index (κ1) is 14.5. The van der Waals surface area contributed by atoms with Gasteiger partial charge >= 0.3 is 0 Å². The van der Waals surface area contributed by atoms with Crippen LogP contribution in [0, 0.1) is 0 Å². The zero-order chi connectivity index (χ0) is 15.9. The van der Waals surface area contributed by atoms with Gasteiger partial charge in [0.1, 0.15) is 0 Å². The van der Waals surface area contributed by atoms with Crippen LogP contribution >= 0.6 is 0 Å². The van der Waals surface area contributed by atoms with Crippen molar-refractivity contribution in [3.8, 4) is 0 Å². The molecule has 0 bridgehead atoms. The van der Waals surface area contributed by atoms with Gasteiger partial charge in [-0.15, -0.1) is 0 Å². The summed E-state index contributed by atoms with van der Waals surface area (Å²) in [7, 11) is 0. The van der Waals surface area contributed by atoms with E-state index >= 15 is 0 Å². The van der Waals surface area contributed by atoms with Gasteiger partial charge < -0.3 is 10.6 Å². The lowest BCUT2D eigenvalue weighted by Crippen LogP contribution is -2.27. The maximum atomic E-state index is 12.5. The standard InChI is InChI=1S/C17H20N4O/c1-10(2)12-4-6-13(7-5-12)11(3)21-9-15-14(16(21)22)8-19-17(18)20-15/h4-8,10-11H,9H2,1-3H3,(H2,18,19,20). The highest BCUT2D eigenvalue weighted by atomic mass is 16.2. The first-order chi connectivity index (χ1) is 10.5. The van der Waals surface area contributed by atoms with Crippen LogP contribution in [0.15, 0.2) is 30.5 Å². The summed E-state index contributed by atoms with van der Waals surface area (Å²) in [5.74, 6) is 0.679. The molecule has 5 heteroatoms. The number of rotatable bonds is 3. The van der Waals surface area contributed by atoms with Crippen molar-refractivity contribution in [3.63, 3.8) is 0 Å². The second kappa shape index (κ2) is 5.40. The molecule has 5 nitrogen and oxygen atoms in total. The summed E-state index contributed by atoms with van der Waals surface area (Å²) in [5.41, 5.74) is 9.28. The fourth-order valence-electron chi connectivity index (χ4n) is 2.77. The molecule has 2 heterocycles. The number of anilines is 1. The molecule has 1 aliphatic heterocycles. The Labute approximate surface area is 130 Å². The Kier molecular flexibility index (Phi) is 3.56. The van der Waals surface area contributed by atoms with Gasteiger partial charge in [-0.3, -0.25) is 4.79 Å². The Morgan fingerprint density at radius 2 is 1.77 bits per heavy atom. The fourth-order valence-corrected chi connectivity index (χ4v) is 2.77. The van der Waals surface area contributed by atoms with Gasteiger partial charge in [0, 0.05) is 6.20 Å². The average molecular weight is 296 g/mol. The molecule has 2 N–H and O–H groups in total. The number of hydrogen-bond donors (Lipinski definition) is 1. The predicted octanol–water partition coefficient (Wildman–Crippen LogP) is 2.90. The minimum atomic E-state index is -0.0320. The van der Waals surface area contributed by atoms with Crippen molar-refractivity contribution in [1.82, 2.24) is 14.9 Å². The third-order valence-electron chi connectivity index (χ3n) is 4.25. The minimum absolute atomic E-state index is 0.0101. The van der Waals surface area contributed by atoms with Gasteiger partial charge in [-0.1, -0.05) is 38.1 Å². The molecule has 1 aliphatic rings. The fraction of sp³-hybridized carbons (Fsp3) is 0.353. The van der Waals surface area contributed by atoms with Gasteiger partial charge in [0.15, 0.2) is 0 Å². The van der Waals surface area contributed by atoms with Crippen molar-refractivity contribution < 1.29 is 4.79 Å². The monoisotopic (exact) mass is 296 g/mol. The molecule has 0 radical (unpaired) electrons. The van der Waals surface area contributed by atoms with Crippen LogP contribution in [-0.2, 0) is 6.54 Å². The number of carbonyl (C=O) groups is 1. The highest BCUT2D eigenvalue weighted by Crippen LogP contribution is 2.30. The smallest absolute Gasteiger partial charge is 0.258 e. The largest absolute Gasteiger partial charge is 0.368 e. The van der Waals surface area contributed by atoms with Crippen molar-refractivity contribution in [1.29, 1.82) is 0 Å². The van der Waals surface area contributed by atoms with Crippen molar-refractivity contribution in [2.45, 2.75) is 39.3 Å². The molecular weight excluding hydrogens is 276 g/mol. The summed E-state index contributed by atoms with van der Waals surface area (Å²) in [5, 5.41) is 0. The number of benzene rings is 1. The average Bonchev–Trinajstić information content (AvgIpc) is 2.83. The first-order valence-corrected chi connectivity index (χ1v) is 7.49. The molecule has 1 aromatic heterocycles. The van der Waals surface area contributed by atoms with Gasteiger partial charge in [0.25, 0.3) is 5.91 Å². The van der Waals surface area contributed by atoms with Crippen LogP contribution in [0.2, 0.25) is 0 Å². The summed E-state index contributed by atoms with van der Waals surface area (Å²) in [4.78, 5) is 22.4. The number of aromatic nitrogens is 2. The van der Waals surface area contributed by atoms with E-state index in [0.29, 0.717) is 23.7 Å². The molecule has 0 saturated heterocycles. The molecule has 0 aliphatic carbocycles. The third kappa shape index (κ3) is 2.43. The van der Waals surface area contributed by atoms with Gasteiger partial charge in [0.2, 0.25) is 5.95 Å². The maximum Gasteiger partial charge on any atom is 0.258 e. The molecule has 22 heavy (non-hydrogen) atoms. The zero-order valence-corrected chi connectivity index (χ0v) is 13.1.